The number of nitrogens with two attached hydrogens (primary N) is 1. The van der Waals surface area contributed by atoms with E-state index in [2.05, 4.69) is 5.32 Å². The molecule has 3 N–H and O–H groups in total. The zero-order chi connectivity index (χ0) is 18.7. The Labute approximate surface area is 166 Å². The van der Waals surface area contributed by atoms with Crippen molar-refractivity contribution in [3.8, 4) is 11.5 Å². The van der Waals surface area contributed by atoms with Crippen molar-refractivity contribution in [1.29, 1.82) is 0 Å². The number of hydrogen-bond donors (Lipinski definition) is 2. The maximum atomic E-state index is 12.7. The predicted octanol–water partition coefficient (Wildman–Crippen LogP) is 1.87. The third-order valence-corrected chi connectivity index (χ3v) is 5.48. The monoisotopic (exact) mass is 397 g/mol. The summed E-state index contributed by atoms with van der Waals surface area (Å²) in [5, 5.41) is 3.13. The van der Waals surface area contributed by atoms with Gasteiger partial charge in [-0.1, -0.05) is 12.8 Å². The number of anilines is 1. The quantitative estimate of drug-likeness (QED) is 0.764. The van der Waals surface area contributed by atoms with Gasteiger partial charge in [0.05, 0.1) is 31.4 Å². The van der Waals surface area contributed by atoms with Crippen LogP contribution in [0, 0.1) is 5.92 Å². The molecule has 150 valence electrons. The minimum atomic E-state index is -0.372. The van der Waals surface area contributed by atoms with E-state index in [1.807, 2.05) is 0 Å². The highest BCUT2D eigenvalue weighted by atomic mass is 35.5. The van der Waals surface area contributed by atoms with Gasteiger partial charge in [0.25, 0.3) is 0 Å². The van der Waals surface area contributed by atoms with Crippen molar-refractivity contribution >= 4 is 29.9 Å². The molecule has 1 saturated carbocycles. The molecule has 0 aromatic heterocycles. The summed E-state index contributed by atoms with van der Waals surface area (Å²) in [7, 11) is 3.13. The van der Waals surface area contributed by atoms with Crippen molar-refractivity contribution in [1.82, 2.24) is 5.32 Å². The first kappa shape index (κ1) is 21.3. The van der Waals surface area contributed by atoms with Crippen LogP contribution in [-0.2, 0) is 9.59 Å². The summed E-state index contributed by atoms with van der Waals surface area (Å²) in [4.78, 5) is 26.9. The molecule has 0 bridgehead atoms. The van der Waals surface area contributed by atoms with Gasteiger partial charge in [-0.3, -0.25) is 9.59 Å². The predicted molar refractivity (Wildman–Crippen MR) is 106 cm³/mol. The molecule has 2 aliphatic rings. The highest BCUT2D eigenvalue weighted by Gasteiger charge is 2.40. The molecule has 1 aromatic rings. The van der Waals surface area contributed by atoms with Crippen LogP contribution in [0.2, 0.25) is 0 Å². The van der Waals surface area contributed by atoms with Crippen molar-refractivity contribution in [3.05, 3.63) is 18.2 Å². The first-order valence-electron chi connectivity index (χ1n) is 9.06. The van der Waals surface area contributed by atoms with Crippen LogP contribution >= 0.6 is 12.4 Å². The van der Waals surface area contributed by atoms with Crippen LogP contribution < -0.4 is 25.4 Å². The maximum absolute atomic E-state index is 12.7. The first-order chi connectivity index (χ1) is 12.5. The smallest absolute Gasteiger partial charge is 0.227 e. The second kappa shape index (κ2) is 8.80. The normalized spacial score (nSPS) is 20.9. The summed E-state index contributed by atoms with van der Waals surface area (Å²) in [6.07, 6.45) is 4.18. The lowest BCUT2D eigenvalue weighted by molar-refractivity contribution is -0.127. The number of hydrogen-bond acceptors (Lipinski definition) is 5. The van der Waals surface area contributed by atoms with E-state index in [0.29, 0.717) is 30.3 Å². The van der Waals surface area contributed by atoms with Gasteiger partial charge in [-0.2, -0.15) is 0 Å². The van der Waals surface area contributed by atoms with Gasteiger partial charge in [0.2, 0.25) is 11.8 Å². The Morgan fingerprint density at radius 2 is 1.81 bits per heavy atom. The number of amides is 2. The molecule has 1 heterocycles. The molecule has 7 nitrogen and oxygen atoms in total. The highest BCUT2D eigenvalue weighted by molar-refractivity contribution is 6.00. The minimum absolute atomic E-state index is 0. The second-order valence-electron chi connectivity index (χ2n) is 7.16. The van der Waals surface area contributed by atoms with Gasteiger partial charge in [-0.25, -0.2) is 0 Å². The fraction of sp³-hybridized carbons (Fsp3) is 0.579. The van der Waals surface area contributed by atoms with Crippen LogP contribution in [0.15, 0.2) is 18.2 Å². The fourth-order valence-electron chi connectivity index (χ4n) is 3.88. The second-order valence-corrected chi connectivity index (χ2v) is 7.16. The standard InChI is InChI=1S/C19H27N3O4.ClH/c1-25-15-8-14(9-16(10-15)26-2)22-11-13(7-17(22)23)18(24)21-19(12-20)5-3-4-6-19;/h8-10,13H,3-7,11-12,20H2,1-2H3,(H,21,24);1H. The number of halogens is 1. The van der Waals surface area contributed by atoms with Crippen molar-refractivity contribution in [3.63, 3.8) is 0 Å². The average molecular weight is 398 g/mol. The molecule has 0 radical (unpaired) electrons. The molecule has 1 unspecified atom stereocenters. The minimum Gasteiger partial charge on any atom is -0.497 e. The Kier molecular flexibility index (Phi) is 6.95. The lowest BCUT2D eigenvalue weighted by atomic mass is 9.96. The largest absolute Gasteiger partial charge is 0.497 e. The number of carbonyl (C=O) groups excluding carboxylic acids is 2. The molecule has 1 aliphatic carbocycles. The summed E-state index contributed by atoms with van der Waals surface area (Å²) < 4.78 is 10.5. The zero-order valence-corrected chi connectivity index (χ0v) is 16.6. The molecule has 27 heavy (non-hydrogen) atoms. The molecule has 0 spiro atoms. The van der Waals surface area contributed by atoms with Gasteiger partial charge in [-0.05, 0) is 12.8 Å². The molecule has 2 fully saturated rings. The van der Waals surface area contributed by atoms with E-state index >= 15 is 0 Å². The van der Waals surface area contributed by atoms with Gasteiger partial charge in [0.1, 0.15) is 11.5 Å². The third kappa shape index (κ3) is 4.47. The van der Waals surface area contributed by atoms with Crippen LogP contribution in [-0.4, -0.2) is 44.7 Å². The molecule has 1 aliphatic heterocycles. The molecule has 2 amide bonds. The van der Waals surface area contributed by atoms with Crippen molar-refractivity contribution in [2.75, 3.05) is 32.2 Å². The summed E-state index contributed by atoms with van der Waals surface area (Å²) in [6, 6.07) is 5.30. The van der Waals surface area contributed by atoms with E-state index < -0.39 is 0 Å². The number of methoxy groups -OCH3 is 2. The van der Waals surface area contributed by atoms with Crippen molar-refractivity contribution in [2.24, 2.45) is 11.7 Å². The van der Waals surface area contributed by atoms with Crippen LogP contribution in [0.25, 0.3) is 0 Å². The summed E-state index contributed by atoms with van der Waals surface area (Å²) in [6.45, 7) is 0.790. The lowest BCUT2D eigenvalue weighted by Crippen LogP contribution is -2.53. The molecular formula is C19H28ClN3O4. The van der Waals surface area contributed by atoms with Crippen LogP contribution in [0.5, 0.6) is 11.5 Å². The Morgan fingerprint density at radius 1 is 1.22 bits per heavy atom. The Morgan fingerprint density at radius 3 is 2.33 bits per heavy atom. The van der Waals surface area contributed by atoms with Gasteiger partial charge in [-0.15, -0.1) is 12.4 Å². The topological polar surface area (TPSA) is 93.9 Å². The van der Waals surface area contributed by atoms with Crippen LogP contribution in [0.1, 0.15) is 32.1 Å². The van der Waals surface area contributed by atoms with E-state index in [1.165, 1.54) is 0 Å². The van der Waals surface area contributed by atoms with Crippen molar-refractivity contribution < 1.29 is 19.1 Å². The number of nitrogens with one attached hydrogen (secondary N) is 1. The first-order valence-corrected chi connectivity index (χ1v) is 9.06. The van der Waals surface area contributed by atoms with Gasteiger partial charge < -0.3 is 25.4 Å². The van der Waals surface area contributed by atoms with E-state index in [9.17, 15) is 9.59 Å². The Hall–Kier alpha value is -1.99. The Balaban J connectivity index is 0.00000261. The summed E-state index contributed by atoms with van der Waals surface area (Å²) in [5.41, 5.74) is 6.28. The molecular weight excluding hydrogens is 370 g/mol. The van der Waals surface area contributed by atoms with Crippen LogP contribution in [0.3, 0.4) is 0 Å². The van der Waals surface area contributed by atoms with Gasteiger partial charge >= 0.3 is 0 Å². The maximum Gasteiger partial charge on any atom is 0.227 e. The third-order valence-electron chi connectivity index (χ3n) is 5.48. The number of ether oxygens (including phenoxy) is 2. The van der Waals surface area contributed by atoms with Gasteiger partial charge in [0, 0.05) is 37.7 Å². The average Bonchev–Trinajstić information content (AvgIpc) is 3.28. The van der Waals surface area contributed by atoms with Crippen LogP contribution in [0.4, 0.5) is 5.69 Å². The molecule has 3 rings (SSSR count). The van der Waals surface area contributed by atoms with E-state index in [-0.39, 0.29) is 42.1 Å². The molecule has 1 aromatic carbocycles. The number of nitrogens with zero attached hydrogens (tertiary/aromatic N) is 1. The van der Waals surface area contributed by atoms with Crippen molar-refractivity contribution in [2.45, 2.75) is 37.6 Å². The molecule has 1 atom stereocenters. The highest BCUT2D eigenvalue weighted by Crippen LogP contribution is 2.33. The fourth-order valence-corrected chi connectivity index (χ4v) is 3.88. The van der Waals surface area contributed by atoms with E-state index in [0.717, 1.165) is 25.7 Å². The van der Waals surface area contributed by atoms with Gasteiger partial charge in [0.15, 0.2) is 0 Å². The van der Waals surface area contributed by atoms with E-state index in [4.69, 9.17) is 15.2 Å². The number of benzene rings is 1. The Bertz CT molecular complexity index is 669. The number of rotatable bonds is 6. The molecule has 1 saturated heterocycles. The zero-order valence-electron chi connectivity index (χ0n) is 15.8. The SMILES string of the molecule is COc1cc(OC)cc(N2CC(C(=O)NC3(CN)CCCC3)CC2=O)c1.Cl. The summed E-state index contributed by atoms with van der Waals surface area (Å²) >= 11 is 0. The lowest BCUT2D eigenvalue weighted by Gasteiger charge is -2.30. The molecule has 8 heteroatoms. The van der Waals surface area contributed by atoms with E-state index in [1.54, 1.807) is 37.3 Å². The number of carbonyl (C=O) groups is 2. The summed E-state index contributed by atoms with van der Waals surface area (Å²) in [5.74, 6) is 0.682.